The van der Waals surface area contributed by atoms with Crippen molar-refractivity contribution in [2.24, 2.45) is 4.99 Å². The highest BCUT2D eigenvalue weighted by Gasteiger charge is 2.38. The van der Waals surface area contributed by atoms with Crippen molar-refractivity contribution in [3.63, 3.8) is 0 Å². The van der Waals surface area contributed by atoms with Crippen LogP contribution in [0.4, 0.5) is 0 Å². The van der Waals surface area contributed by atoms with Gasteiger partial charge in [0, 0.05) is 25.6 Å². The zero-order chi connectivity index (χ0) is 12.1. The third kappa shape index (κ3) is 3.60. The third-order valence-electron chi connectivity index (χ3n) is 3.21. The first kappa shape index (κ1) is 13.2. The summed E-state index contributed by atoms with van der Waals surface area (Å²) in [4.78, 5) is 4.67. The van der Waals surface area contributed by atoms with Gasteiger partial charge in [0.15, 0.2) is 5.17 Å². The van der Waals surface area contributed by atoms with Crippen molar-refractivity contribution in [3.05, 3.63) is 0 Å². The van der Waals surface area contributed by atoms with Gasteiger partial charge in [-0.05, 0) is 26.7 Å². The summed E-state index contributed by atoms with van der Waals surface area (Å²) in [5.41, 5.74) is 0.243. The quantitative estimate of drug-likeness (QED) is 0.832. The van der Waals surface area contributed by atoms with Crippen molar-refractivity contribution in [2.45, 2.75) is 38.3 Å². The second-order valence-corrected chi connectivity index (χ2v) is 5.71. The van der Waals surface area contributed by atoms with E-state index in [1.54, 1.807) is 0 Å². The molecule has 2 rings (SSSR count). The van der Waals surface area contributed by atoms with Crippen molar-refractivity contribution in [2.75, 3.05) is 32.2 Å². The standard InChI is InChI=1S/C12H22N2O2S/c1-3-15-8-10(2)13-11-14-12(9-17-11)4-6-16-7-5-12/h10H,3-9H2,1-2H3,(H,13,14). The highest BCUT2D eigenvalue weighted by Crippen LogP contribution is 2.31. The maximum atomic E-state index is 5.42. The smallest absolute Gasteiger partial charge is 0.157 e. The molecular formula is C12H22N2O2S. The van der Waals surface area contributed by atoms with E-state index >= 15 is 0 Å². The zero-order valence-electron chi connectivity index (χ0n) is 10.7. The summed E-state index contributed by atoms with van der Waals surface area (Å²) >= 11 is 1.84. The molecule has 0 radical (unpaired) electrons. The fourth-order valence-corrected chi connectivity index (χ4v) is 3.45. The van der Waals surface area contributed by atoms with Gasteiger partial charge in [0.2, 0.25) is 0 Å². The molecule has 2 saturated heterocycles. The lowest BCUT2D eigenvalue weighted by molar-refractivity contribution is 0.0555. The molecule has 0 aliphatic carbocycles. The Morgan fingerprint density at radius 3 is 3.00 bits per heavy atom. The number of hydrogen-bond donors (Lipinski definition) is 1. The van der Waals surface area contributed by atoms with Crippen LogP contribution in [-0.4, -0.2) is 48.9 Å². The number of aliphatic imine (C=N–C) groups is 1. The van der Waals surface area contributed by atoms with E-state index in [0.717, 1.165) is 43.6 Å². The minimum Gasteiger partial charge on any atom is -0.381 e. The molecule has 1 unspecified atom stereocenters. The van der Waals surface area contributed by atoms with Crippen LogP contribution in [0.2, 0.25) is 0 Å². The van der Waals surface area contributed by atoms with Gasteiger partial charge in [-0.3, -0.25) is 4.99 Å². The van der Waals surface area contributed by atoms with E-state index in [1.807, 2.05) is 18.7 Å². The van der Waals surface area contributed by atoms with Gasteiger partial charge in [0.05, 0.1) is 18.2 Å². The highest BCUT2D eigenvalue weighted by molar-refractivity contribution is 8.14. The van der Waals surface area contributed by atoms with Crippen LogP contribution in [0.3, 0.4) is 0 Å². The molecule has 98 valence electrons. The van der Waals surface area contributed by atoms with E-state index in [1.165, 1.54) is 0 Å². The lowest BCUT2D eigenvalue weighted by Gasteiger charge is -2.32. The minimum absolute atomic E-state index is 0.236. The number of rotatable bonds is 4. The van der Waals surface area contributed by atoms with Gasteiger partial charge in [-0.25, -0.2) is 0 Å². The van der Waals surface area contributed by atoms with Crippen LogP contribution in [0.25, 0.3) is 0 Å². The van der Waals surface area contributed by atoms with Crippen LogP contribution in [-0.2, 0) is 9.47 Å². The predicted octanol–water partition coefficient (Wildman–Crippen LogP) is 1.65. The maximum Gasteiger partial charge on any atom is 0.157 e. The van der Waals surface area contributed by atoms with Crippen molar-refractivity contribution in [3.8, 4) is 0 Å². The summed E-state index contributed by atoms with van der Waals surface area (Å²) < 4.78 is 10.8. The number of nitrogens with one attached hydrogen (secondary N) is 1. The Kier molecular flexibility index (Phi) is 4.70. The summed E-state index contributed by atoms with van der Waals surface area (Å²) in [6.45, 7) is 7.32. The van der Waals surface area contributed by atoms with Gasteiger partial charge in [0.25, 0.3) is 0 Å². The molecule has 2 heterocycles. The van der Waals surface area contributed by atoms with Crippen LogP contribution in [0.1, 0.15) is 26.7 Å². The first-order valence-electron chi connectivity index (χ1n) is 6.38. The van der Waals surface area contributed by atoms with Gasteiger partial charge in [-0.1, -0.05) is 11.8 Å². The average Bonchev–Trinajstić information content (AvgIpc) is 2.70. The predicted molar refractivity (Wildman–Crippen MR) is 71.8 cm³/mol. The largest absolute Gasteiger partial charge is 0.381 e. The van der Waals surface area contributed by atoms with E-state index in [9.17, 15) is 0 Å². The number of ether oxygens (including phenoxy) is 2. The van der Waals surface area contributed by atoms with E-state index in [0.29, 0.717) is 6.61 Å². The number of nitrogens with zero attached hydrogens (tertiary/aromatic N) is 1. The SMILES string of the molecule is CCOCC(C)N=C1NC2(CCOCC2)CS1. The molecule has 17 heavy (non-hydrogen) atoms. The van der Waals surface area contributed by atoms with E-state index in [-0.39, 0.29) is 11.6 Å². The fraction of sp³-hybridized carbons (Fsp3) is 0.917. The van der Waals surface area contributed by atoms with Crippen LogP contribution in [0, 0.1) is 0 Å². The van der Waals surface area contributed by atoms with Crippen molar-refractivity contribution in [1.82, 2.24) is 5.32 Å². The van der Waals surface area contributed by atoms with Crippen LogP contribution < -0.4 is 5.32 Å². The van der Waals surface area contributed by atoms with Crippen LogP contribution in [0.15, 0.2) is 4.99 Å². The lowest BCUT2D eigenvalue weighted by Crippen LogP contribution is -2.48. The Morgan fingerprint density at radius 2 is 2.29 bits per heavy atom. The first-order chi connectivity index (χ1) is 8.24. The molecule has 0 amide bonds. The fourth-order valence-electron chi connectivity index (χ4n) is 2.13. The third-order valence-corrected chi connectivity index (χ3v) is 4.39. The van der Waals surface area contributed by atoms with Crippen molar-refractivity contribution in [1.29, 1.82) is 0 Å². The summed E-state index contributed by atoms with van der Waals surface area (Å²) in [5, 5.41) is 4.67. The van der Waals surface area contributed by atoms with Gasteiger partial charge in [-0.2, -0.15) is 0 Å². The Labute approximate surface area is 108 Å². The zero-order valence-corrected chi connectivity index (χ0v) is 11.5. The molecule has 1 N–H and O–H groups in total. The normalized spacial score (nSPS) is 27.3. The summed E-state index contributed by atoms with van der Waals surface area (Å²) in [6.07, 6.45) is 2.19. The topological polar surface area (TPSA) is 42.8 Å². The molecular weight excluding hydrogens is 236 g/mol. The van der Waals surface area contributed by atoms with Gasteiger partial charge in [-0.15, -0.1) is 0 Å². The second kappa shape index (κ2) is 6.07. The monoisotopic (exact) mass is 258 g/mol. The minimum atomic E-state index is 0.236. The van der Waals surface area contributed by atoms with Crippen LogP contribution in [0.5, 0.6) is 0 Å². The maximum absolute atomic E-state index is 5.42. The molecule has 2 aliphatic heterocycles. The Bertz CT molecular complexity index is 278. The molecule has 0 aromatic rings. The van der Waals surface area contributed by atoms with Gasteiger partial charge in [0.1, 0.15) is 0 Å². The average molecular weight is 258 g/mol. The molecule has 0 aromatic heterocycles. The molecule has 5 heteroatoms. The second-order valence-electron chi connectivity index (χ2n) is 4.75. The lowest BCUT2D eigenvalue weighted by atomic mass is 9.93. The van der Waals surface area contributed by atoms with Crippen molar-refractivity contribution >= 4 is 16.9 Å². The number of thioether (sulfide) groups is 1. The summed E-state index contributed by atoms with van der Waals surface area (Å²) in [5.74, 6) is 1.12. The molecule has 1 atom stereocenters. The van der Waals surface area contributed by atoms with Crippen molar-refractivity contribution < 1.29 is 9.47 Å². The van der Waals surface area contributed by atoms with E-state index in [2.05, 4.69) is 17.2 Å². The summed E-state index contributed by atoms with van der Waals surface area (Å²) in [7, 11) is 0. The number of amidine groups is 1. The Morgan fingerprint density at radius 1 is 1.53 bits per heavy atom. The Hall–Kier alpha value is -0.260. The molecule has 0 aromatic carbocycles. The molecule has 1 spiro atoms. The van der Waals surface area contributed by atoms with Gasteiger partial charge >= 0.3 is 0 Å². The highest BCUT2D eigenvalue weighted by atomic mass is 32.2. The molecule has 4 nitrogen and oxygen atoms in total. The van der Waals surface area contributed by atoms with Gasteiger partial charge < -0.3 is 14.8 Å². The van der Waals surface area contributed by atoms with E-state index < -0.39 is 0 Å². The number of hydrogen-bond acceptors (Lipinski definition) is 4. The molecule has 0 saturated carbocycles. The molecule has 2 aliphatic rings. The Balaban J connectivity index is 1.85. The molecule has 0 bridgehead atoms. The summed E-state index contributed by atoms with van der Waals surface area (Å²) in [6, 6.07) is 0.236. The van der Waals surface area contributed by atoms with Crippen LogP contribution >= 0.6 is 11.8 Å². The molecule has 2 fully saturated rings. The van der Waals surface area contributed by atoms with E-state index in [4.69, 9.17) is 9.47 Å². The first-order valence-corrected chi connectivity index (χ1v) is 7.37.